The molecule has 6 nitrogen and oxygen atoms in total. The Morgan fingerprint density at radius 1 is 1.40 bits per heavy atom. The van der Waals surface area contributed by atoms with E-state index in [9.17, 15) is 20.0 Å². The van der Waals surface area contributed by atoms with Crippen LogP contribution in [0.2, 0.25) is 0 Å². The van der Waals surface area contributed by atoms with Gasteiger partial charge >= 0.3 is 5.97 Å². The van der Waals surface area contributed by atoms with Gasteiger partial charge in [-0.3, -0.25) is 14.9 Å². The normalized spacial score (nSPS) is 28.6. The summed E-state index contributed by atoms with van der Waals surface area (Å²) in [4.78, 5) is 22.2. The van der Waals surface area contributed by atoms with Crippen molar-refractivity contribution in [3.63, 3.8) is 0 Å². The zero-order valence-corrected chi connectivity index (χ0v) is 11.5. The summed E-state index contributed by atoms with van der Waals surface area (Å²) in [5.74, 6) is -0.413. The smallest absolute Gasteiger partial charge is 0.316 e. The molecule has 0 atom stereocenters. The zero-order valence-electron chi connectivity index (χ0n) is 11.5. The average molecular weight is 279 g/mol. The number of benzene rings is 1. The lowest BCUT2D eigenvalue weighted by atomic mass is 9.55. The van der Waals surface area contributed by atoms with E-state index in [2.05, 4.69) is 0 Å². The molecule has 0 radical (unpaired) electrons. The van der Waals surface area contributed by atoms with Crippen LogP contribution in [-0.2, 0) is 14.9 Å². The number of aliphatic hydroxyl groups is 1. The zero-order chi connectivity index (χ0) is 15.0. The third-order valence-corrected chi connectivity index (χ3v) is 4.13. The first-order valence-corrected chi connectivity index (χ1v) is 6.43. The van der Waals surface area contributed by atoms with Crippen LogP contribution in [0.5, 0.6) is 0 Å². The Morgan fingerprint density at radius 3 is 2.35 bits per heavy atom. The minimum atomic E-state index is -0.894. The molecule has 1 aromatic carbocycles. The lowest BCUT2D eigenvalue weighted by Crippen LogP contribution is -2.58. The van der Waals surface area contributed by atoms with E-state index in [0.29, 0.717) is 12.0 Å². The average Bonchev–Trinajstić information content (AvgIpc) is 2.43. The summed E-state index contributed by atoms with van der Waals surface area (Å²) in [6, 6.07) is 5.85. The molecule has 2 rings (SSSR count). The fraction of sp³-hybridized carbons (Fsp3) is 0.500. The molecule has 0 heterocycles. The fourth-order valence-corrected chi connectivity index (χ4v) is 2.89. The lowest BCUT2D eigenvalue weighted by molar-refractivity contribution is -0.384. The van der Waals surface area contributed by atoms with E-state index in [1.807, 2.05) is 6.92 Å². The van der Waals surface area contributed by atoms with Crippen LogP contribution in [0.4, 0.5) is 5.69 Å². The number of methoxy groups -OCH3 is 1. The minimum Gasteiger partial charge on any atom is -0.468 e. The summed E-state index contributed by atoms with van der Waals surface area (Å²) in [6.45, 7) is 1.86. The second-order valence-electron chi connectivity index (χ2n) is 5.31. The van der Waals surface area contributed by atoms with Crippen LogP contribution >= 0.6 is 0 Å². The molecule has 20 heavy (non-hydrogen) atoms. The summed E-state index contributed by atoms with van der Waals surface area (Å²) >= 11 is 0. The minimum absolute atomic E-state index is 0.0288. The topological polar surface area (TPSA) is 89.7 Å². The predicted octanol–water partition coefficient (Wildman–Crippen LogP) is 1.94. The predicted molar refractivity (Wildman–Crippen MR) is 71.3 cm³/mol. The van der Waals surface area contributed by atoms with Crippen molar-refractivity contribution in [2.45, 2.75) is 37.2 Å². The highest BCUT2D eigenvalue weighted by Gasteiger charge is 2.59. The molecule has 1 N–H and O–H groups in total. The van der Waals surface area contributed by atoms with Gasteiger partial charge in [0.05, 0.1) is 23.0 Å². The summed E-state index contributed by atoms with van der Waals surface area (Å²) in [5, 5.41) is 20.8. The Balaban J connectivity index is 2.34. The molecular weight excluding hydrogens is 262 g/mol. The Morgan fingerprint density at radius 2 is 1.95 bits per heavy atom. The van der Waals surface area contributed by atoms with Crippen molar-refractivity contribution in [1.29, 1.82) is 0 Å². The Kier molecular flexibility index (Phi) is 3.52. The van der Waals surface area contributed by atoms with Crippen LogP contribution in [0.1, 0.15) is 31.7 Å². The summed E-state index contributed by atoms with van der Waals surface area (Å²) < 4.78 is 4.84. The van der Waals surface area contributed by atoms with Gasteiger partial charge in [0.15, 0.2) is 0 Å². The van der Waals surface area contributed by atoms with Gasteiger partial charge in [0, 0.05) is 12.1 Å². The molecule has 1 saturated carbocycles. The molecule has 1 aromatic rings. The van der Waals surface area contributed by atoms with Crippen LogP contribution in [0.15, 0.2) is 24.3 Å². The monoisotopic (exact) mass is 279 g/mol. The molecule has 0 aromatic heterocycles. The number of nitro groups is 1. The van der Waals surface area contributed by atoms with Crippen molar-refractivity contribution in [1.82, 2.24) is 0 Å². The van der Waals surface area contributed by atoms with Crippen molar-refractivity contribution in [2.24, 2.45) is 0 Å². The third kappa shape index (κ3) is 2.16. The largest absolute Gasteiger partial charge is 0.468 e. The quantitative estimate of drug-likeness (QED) is 0.517. The number of ether oxygens (including phenoxy) is 1. The van der Waals surface area contributed by atoms with E-state index < -0.39 is 21.9 Å². The van der Waals surface area contributed by atoms with E-state index in [1.165, 1.54) is 19.2 Å². The van der Waals surface area contributed by atoms with Crippen molar-refractivity contribution >= 4 is 11.7 Å². The second kappa shape index (κ2) is 4.86. The molecule has 0 aliphatic heterocycles. The van der Waals surface area contributed by atoms with Gasteiger partial charge in [-0.25, -0.2) is 0 Å². The Bertz CT molecular complexity index is 531. The molecule has 1 aliphatic rings. The molecular formula is C14H17NO5. The molecule has 6 heteroatoms. The van der Waals surface area contributed by atoms with Gasteiger partial charge in [-0.1, -0.05) is 19.1 Å². The van der Waals surface area contributed by atoms with Crippen LogP contribution < -0.4 is 0 Å². The van der Waals surface area contributed by atoms with Gasteiger partial charge in [-0.2, -0.15) is 0 Å². The number of nitrogens with zero attached hydrogens (tertiary/aromatic N) is 1. The highest BCUT2D eigenvalue weighted by Crippen LogP contribution is 2.52. The number of carbonyl (C=O) groups is 1. The van der Waals surface area contributed by atoms with E-state index in [4.69, 9.17) is 4.74 Å². The highest BCUT2D eigenvalue weighted by atomic mass is 16.6. The SMILES string of the molecule is CCC1(O)CC(C(=O)OC)(c2ccc([N+](=O)[O-])cc2)C1. The molecule has 0 spiro atoms. The molecule has 0 unspecified atom stereocenters. The number of hydrogen-bond acceptors (Lipinski definition) is 5. The molecule has 0 bridgehead atoms. The first kappa shape index (κ1) is 14.5. The number of non-ortho nitro benzene ring substituents is 1. The number of hydrogen-bond donors (Lipinski definition) is 1. The number of nitro benzene ring substituents is 1. The molecule has 0 saturated heterocycles. The molecule has 1 aliphatic carbocycles. The van der Waals surface area contributed by atoms with E-state index >= 15 is 0 Å². The van der Waals surface area contributed by atoms with Crippen molar-refractivity contribution < 1.29 is 19.6 Å². The van der Waals surface area contributed by atoms with E-state index in [0.717, 1.165) is 0 Å². The number of rotatable bonds is 4. The van der Waals surface area contributed by atoms with Crippen LogP contribution in [0.25, 0.3) is 0 Å². The summed E-state index contributed by atoms with van der Waals surface area (Å²) in [5.41, 5.74) is -1.14. The fourth-order valence-electron chi connectivity index (χ4n) is 2.89. The highest BCUT2D eigenvalue weighted by molar-refractivity contribution is 5.85. The van der Waals surface area contributed by atoms with Crippen molar-refractivity contribution in [3.05, 3.63) is 39.9 Å². The van der Waals surface area contributed by atoms with Gasteiger partial charge < -0.3 is 9.84 Å². The number of esters is 1. The third-order valence-electron chi connectivity index (χ3n) is 4.13. The van der Waals surface area contributed by atoms with Crippen LogP contribution in [0, 0.1) is 10.1 Å². The summed E-state index contributed by atoms with van der Waals surface area (Å²) in [6.07, 6.45) is 1.11. The Labute approximate surface area is 116 Å². The first-order chi connectivity index (χ1) is 9.37. The number of carbonyl (C=O) groups excluding carboxylic acids is 1. The van der Waals surface area contributed by atoms with Gasteiger partial charge in [0.2, 0.25) is 0 Å². The lowest BCUT2D eigenvalue weighted by Gasteiger charge is -2.51. The van der Waals surface area contributed by atoms with Crippen LogP contribution in [0.3, 0.4) is 0 Å². The van der Waals surface area contributed by atoms with Gasteiger partial charge in [0.1, 0.15) is 0 Å². The molecule has 1 fully saturated rings. The van der Waals surface area contributed by atoms with Gasteiger partial charge in [-0.15, -0.1) is 0 Å². The van der Waals surface area contributed by atoms with Gasteiger partial charge in [-0.05, 0) is 24.8 Å². The van der Waals surface area contributed by atoms with E-state index in [-0.39, 0.29) is 18.5 Å². The molecule has 108 valence electrons. The van der Waals surface area contributed by atoms with Crippen molar-refractivity contribution in [2.75, 3.05) is 7.11 Å². The first-order valence-electron chi connectivity index (χ1n) is 6.43. The maximum Gasteiger partial charge on any atom is 0.316 e. The van der Waals surface area contributed by atoms with E-state index in [1.54, 1.807) is 12.1 Å². The second-order valence-corrected chi connectivity index (χ2v) is 5.31. The maximum atomic E-state index is 12.1. The standard InChI is InChI=1S/C14H17NO5/c1-3-13(17)8-14(9-13,12(16)20-2)10-4-6-11(7-5-10)15(18)19/h4-7,17H,3,8-9H2,1-2H3. The summed E-state index contributed by atoms with van der Waals surface area (Å²) in [7, 11) is 1.30. The maximum absolute atomic E-state index is 12.1. The van der Waals surface area contributed by atoms with Crippen molar-refractivity contribution in [3.8, 4) is 0 Å². The van der Waals surface area contributed by atoms with Gasteiger partial charge in [0.25, 0.3) is 5.69 Å². The Hall–Kier alpha value is -1.95. The molecule has 0 amide bonds. The van der Waals surface area contributed by atoms with Crippen LogP contribution in [-0.4, -0.2) is 28.7 Å².